The first-order valence-electron chi connectivity index (χ1n) is 7.78. The first-order chi connectivity index (χ1) is 8.95. The molecule has 1 aromatic carbocycles. The molecule has 1 aliphatic rings. The highest BCUT2D eigenvalue weighted by molar-refractivity contribution is 5.18. The molecule has 1 nitrogen and oxygen atoms in total. The van der Waals surface area contributed by atoms with Crippen molar-refractivity contribution in [1.29, 1.82) is 0 Å². The molecule has 0 bridgehead atoms. The number of rotatable bonds is 4. The standard InChI is InChI=1S/C18H29N/c1-4-17(2,3)16-10-12-18(19,13-11-16)14-15-8-6-5-7-9-15/h5-9,16H,4,10-14,19H2,1-3H3. The molecule has 0 amide bonds. The largest absolute Gasteiger partial charge is 0.325 e. The van der Waals surface area contributed by atoms with Gasteiger partial charge < -0.3 is 5.73 Å². The highest BCUT2D eigenvalue weighted by Crippen LogP contribution is 2.43. The molecule has 2 rings (SSSR count). The summed E-state index contributed by atoms with van der Waals surface area (Å²) in [6.45, 7) is 7.14. The summed E-state index contributed by atoms with van der Waals surface area (Å²) >= 11 is 0. The van der Waals surface area contributed by atoms with Crippen LogP contribution in [0, 0.1) is 11.3 Å². The Kier molecular flexibility index (Phi) is 4.35. The van der Waals surface area contributed by atoms with Crippen molar-refractivity contribution in [2.45, 2.75) is 64.8 Å². The average Bonchev–Trinajstić information content (AvgIpc) is 2.40. The minimum atomic E-state index is 0.0294. The summed E-state index contributed by atoms with van der Waals surface area (Å²) in [4.78, 5) is 0. The fourth-order valence-electron chi connectivity index (χ4n) is 3.44. The lowest BCUT2D eigenvalue weighted by atomic mass is 9.65. The number of hydrogen-bond donors (Lipinski definition) is 1. The van der Waals surface area contributed by atoms with Gasteiger partial charge in [0.1, 0.15) is 0 Å². The van der Waals surface area contributed by atoms with Gasteiger partial charge in [-0.1, -0.05) is 57.5 Å². The molecule has 0 saturated heterocycles. The summed E-state index contributed by atoms with van der Waals surface area (Å²) in [7, 11) is 0. The summed E-state index contributed by atoms with van der Waals surface area (Å²) in [5, 5.41) is 0. The van der Waals surface area contributed by atoms with E-state index in [9.17, 15) is 0 Å². The Morgan fingerprint density at radius 1 is 1.16 bits per heavy atom. The summed E-state index contributed by atoms with van der Waals surface area (Å²) in [6.07, 6.45) is 7.25. The van der Waals surface area contributed by atoms with Gasteiger partial charge in [0, 0.05) is 5.54 Å². The Morgan fingerprint density at radius 2 is 1.74 bits per heavy atom. The smallest absolute Gasteiger partial charge is 0.0195 e. The van der Waals surface area contributed by atoms with Crippen LogP contribution in [0.4, 0.5) is 0 Å². The maximum Gasteiger partial charge on any atom is 0.0195 e. The maximum atomic E-state index is 6.64. The molecule has 0 unspecified atom stereocenters. The Morgan fingerprint density at radius 3 is 2.26 bits per heavy atom. The third-order valence-electron chi connectivity index (χ3n) is 5.40. The van der Waals surface area contributed by atoms with Crippen molar-refractivity contribution in [2.24, 2.45) is 17.1 Å². The van der Waals surface area contributed by atoms with Gasteiger partial charge in [-0.25, -0.2) is 0 Å². The highest BCUT2D eigenvalue weighted by atomic mass is 14.7. The second kappa shape index (κ2) is 5.66. The molecule has 1 fully saturated rings. The van der Waals surface area contributed by atoms with Gasteiger partial charge in [0.2, 0.25) is 0 Å². The van der Waals surface area contributed by atoms with Crippen LogP contribution in [-0.2, 0) is 6.42 Å². The highest BCUT2D eigenvalue weighted by Gasteiger charge is 2.37. The van der Waals surface area contributed by atoms with Gasteiger partial charge in [0.05, 0.1) is 0 Å². The Bertz CT molecular complexity index is 385. The zero-order valence-corrected chi connectivity index (χ0v) is 12.8. The molecule has 1 saturated carbocycles. The fourth-order valence-corrected chi connectivity index (χ4v) is 3.44. The lowest BCUT2D eigenvalue weighted by Crippen LogP contribution is -2.47. The first kappa shape index (κ1) is 14.6. The fraction of sp³-hybridized carbons (Fsp3) is 0.667. The molecular weight excluding hydrogens is 230 g/mol. The zero-order valence-electron chi connectivity index (χ0n) is 12.8. The third kappa shape index (κ3) is 3.60. The van der Waals surface area contributed by atoms with Crippen molar-refractivity contribution in [3.05, 3.63) is 35.9 Å². The van der Waals surface area contributed by atoms with Crippen LogP contribution in [-0.4, -0.2) is 5.54 Å². The molecule has 0 aliphatic heterocycles. The van der Waals surface area contributed by atoms with E-state index in [-0.39, 0.29) is 5.54 Å². The minimum Gasteiger partial charge on any atom is -0.325 e. The lowest BCUT2D eigenvalue weighted by molar-refractivity contribution is 0.115. The lowest BCUT2D eigenvalue weighted by Gasteiger charge is -2.43. The van der Waals surface area contributed by atoms with Crippen LogP contribution >= 0.6 is 0 Å². The van der Waals surface area contributed by atoms with Crippen molar-refractivity contribution in [3.63, 3.8) is 0 Å². The Labute approximate surface area is 118 Å². The second-order valence-electron chi connectivity index (χ2n) is 7.14. The van der Waals surface area contributed by atoms with Crippen LogP contribution in [0.15, 0.2) is 30.3 Å². The molecule has 1 heteroatoms. The van der Waals surface area contributed by atoms with Gasteiger partial charge in [-0.3, -0.25) is 0 Å². The Hall–Kier alpha value is -0.820. The molecule has 0 radical (unpaired) electrons. The SMILES string of the molecule is CCC(C)(C)C1CCC(N)(Cc2ccccc2)CC1. The molecule has 0 atom stereocenters. The summed E-state index contributed by atoms with van der Waals surface area (Å²) in [6, 6.07) is 10.7. The van der Waals surface area contributed by atoms with Crippen LogP contribution in [0.25, 0.3) is 0 Å². The van der Waals surface area contributed by atoms with Gasteiger partial charge in [-0.15, -0.1) is 0 Å². The normalized spacial score (nSPS) is 28.3. The molecule has 1 aliphatic carbocycles. The average molecular weight is 259 g/mol. The molecule has 106 valence electrons. The number of benzene rings is 1. The van der Waals surface area contributed by atoms with E-state index in [1.807, 2.05) is 0 Å². The van der Waals surface area contributed by atoms with Crippen molar-refractivity contribution in [1.82, 2.24) is 0 Å². The summed E-state index contributed by atoms with van der Waals surface area (Å²) < 4.78 is 0. The van der Waals surface area contributed by atoms with Crippen LogP contribution in [0.1, 0.15) is 58.4 Å². The molecule has 19 heavy (non-hydrogen) atoms. The number of nitrogens with two attached hydrogens (primary N) is 1. The quantitative estimate of drug-likeness (QED) is 0.843. The molecule has 0 heterocycles. The molecule has 0 aromatic heterocycles. The van der Waals surface area contributed by atoms with Crippen LogP contribution in [0.5, 0.6) is 0 Å². The van der Waals surface area contributed by atoms with Gasteiger partial charge in [0.15, 0.2) is 0 Å². The summed E-state index contributed by atoms with van der Waals surface area (Å²) in [5.41, 5.74) is 8.53. The van der Waals surface area contributed by atoms with Gasteiger partial charge in [-0.05, 0) is 49.0 Å². The number of hydrogen-bond acceptors (Lipinski definition) is 1. The predicted molar refractivity (Wildman–Crippen MR) is 83.1 cm³/mol. The molecule has 0 spiro atoms. The first-order valence-corrected chi connectivity index (χ1v) is 7.78. The topological polar surface area (TPSA) is 26.0 Å². The Balaban J connectivity index is 1.95. The summed E-state index contributed by atoms with van der Waals surface area (Å²) in [5.74, 6) is 0.852. The van der Waals surface area contributed by atoms with E-state index in [0.29, 0.717) is 5.41 Å². The minimum absolute atomic E-state index is 0.0294. The zero-order chi connectivity index (χ0) is 13.9. The van der Waals surface area contributed by atoms with E-state index in [1.165, 1.54) is 37.7 Å². The third-order valence-corrected chi connectivity index (χ3v) is 5.40. The monoisotopic (exact) mass is 259 g/mol. The van der Waals surface area contributed by atoms with Crippen LogP contribution in [0.3, 0.4) is 0 Å². The molecule has 1 aromatic rings. The maximum absolute atomic E-state index is 6.64. The van der Waals surface area contributed by atoms with Crippen molar-refractivity contribution >= 4 is 0 Å². The molecular formula is C18H29N. The van der Waals surface area contributed by atoms with Crippen LogP contribution in [0.2, 0.25) is 0 Å². The molecule has 2 N–H and O–H groups in total. The van der Waals surface area contributed by atoms with Gasteiger partial charge in [-0.2, -0.15) is 0 Å². The van der Waals surface area contributed by atoms with E-state index in [2.05, 4.69) is 51.1 Å². The van der Waals surface area contributed by atoms with Gasteiger partial charge >= 0.3 is 0 Å². The van der Waals surface area contributed by atoms with E-state index < -0.39 is 0 Å². The van der Waals surface area contributed by atoms with E-state index in [4.69, 9.17) is 5.73 Å². The van der Waals surface area contributed by atoms with Crippen molar-refractivity contribution < 1.29 is 0 Å². The van der Waals surface area contributed by atoms with Gasteiger partial charge in [0.25, 0.3) is 0 Å². The van der Waals surface area contributed by atoms with Crippen molar-refractivity contribution in [3.8, 4) is 0 Å². The second-order valence-corrected chi connectivity index (χ2v) is 7.14. The van der Waals surface area contributed by atoms with Crippen LogP contribution < -0.4 is 5.73 Å². The van der Waals surface area contributed by atoms with E-state index in [0.717, 1.165) is 12.3 Å². The van der Waals surface area contributed by atoms with E-state index >= 15 is 0 Å². The van der Waals surface area contributed by atoms with E-state index in [1.54, 1.807) is 0 Å². The van der Waals surface area contributed by atoms with Crippen molar-refractivity contribution in [2.75, 3.05) is 0 Å². The predicted octanol–water partition coefficient (Wildman–Crippen LogP) is 4.55.